The van der Waals surface area contributed by atoms with Crippen molar-refractivity contribution in [2.24, 2.45) is 5.73 Å². The predicted molar refractivity (Wildman–Crippen MR) is 94.8 cm³/mol. The number of pyridine rings is 1. The van der Waals surface area contributed by atoms with Gasteiger partial charge in [0.25, 0.3) is 0 Å². The molecular weight excluding hydrogens is 330 g/mol. The number of benzene rings is 1. The summed E-state index contributed by atoms with van der Waals surface area (Å²) in [5.74, 6) is 1.48. The molecule has 7 heteroatoms. The summed E-state index contributed by atoms with van der Waals surface area (Å²) in [4.78, 5) is 8.80. The standard InChI is InChI=1S/C19H15N5O2/c20-18(12-3-6-21-7-4-12)15-5-8-24-19(23-15)14(10-22-24)13-1-2-16-17(9-13)26-11-25-16/h1-10,18H,11,20H2. The molecular formula is C19H15N5O2. The second kappa shape index (κ2) is 5.82. The molecule has 128 valence electrons. The van der Waals surface area contributed by atoms with Gasteiger partial charge < -0.3 is 15.2 Å². The SMILES string of the molecule is NC(c1ccncc1)c1ccn2ncc(-c3ccc4c(c3)OCO4)c2n1. The van der Waals surface area contributed by atoms with Crippen LogP contribution in [0.15, 0.2) is 61.2 Å². The van der Waals surface area contributed by atoms with E-state index >= 15 is 0 Å². The van der Waals surface area contributed by atoms with Crippen molar-refractivity contribution in [3.8, 4) is 22.6 Å². The molecule has 0 spiro atoms. The number of rotatable bonds is 3. The summed E-state index contributed by atoms with van der Waals surface area (Å²) >= 11 is 0. The van der Waals surface area contributed by atoms with Crippen molar-refractivity contribution in [2.45, 2.75) is 6.04 Å². The predicted octanol–water partition coefficient (Wildman–Crippen LogP) is 2.57. The zero-order valence-electron chi connectivity index (χ0n) is 13.7. The van der Waals surface area contributed by atoms with E-state index < -0.39 is 0 Å². The summed E-state index contributed by atoms with van der Waals surface area (Å²) in [5, 5.41) is 4.39. The Morgan fingerprint density at radius 2 is 1.88 bits per heavy atom. The smallest absolute Gasteiger partial charge is 0.231 e. The van der Waals surface area contributed by atoms with Gasteiger partial charge in [0.15, 0.2) is 17.1 Å². The Hall–Kier alpha value is -3.45. The molecule has 4 aromatic rings. The highest BCUT2D eigenvalue weighted by molar-refractivity contribution is 5.78. The van der Waals surface area contributed by atoms with Crippen molar-refractivity contribution in [2.75, 3.05) is 6.79 Å². The van der Waals surface area contributed by atoms with E-state index in [1.807, 2.05) is 42.6 Å². The third kappa shape index (κ3) is 2.37. The molecule has 4 heterocycles. The molecule has 0 fully saturated rings. The molecule has 1 unspecified atom stereocenters. The molecule has 1 aliphatic rings. The second-order valence-corrected chi connectivity index (χ2v) is 6.01. The fourth-order valence-electron chi connectivity index (χ4n) is 3.07. The first-order chi connectivity index (χ1) is 12.8. The first-order valence-electron chi connectivity index (χ1n) is 8.19. The Bertz CT molecular complexity index is 1090. The molecule has 1 aliphatic heterocycles. The van der Waals surface area contributed by atoms with Crippen LogP contribution in [0.25, 0.3) is 16.8 Å². The zero-order chi connectivity index (χ0) is 17.5. The Kier molecular flexibility index (Phi) is 3.32. The van der Waals surface area contributed by atoms with Crippen LogP contribution in [0.4, 0.5) is 0 Å². The molecule has 3 aromatic heterocycles. The van der Waals surface area contributed by atoms with Gasteiger partial charge >= 0.3 is 0 Å². The van der Waals surface area contributed by atoms with Gasteiger partial charge in [0.1, 0.15) is 0 Å². The van der Waals surface area contributed by atoms with Crippen molar-refractivity contribution in [1.82, 2.24) is 19.6 Å². The lowest BCUT2D eigenvalue weighted by Crippen LogP contribution is -2.14. The van der Waals surface area contributed by atoms with E-state index in [0.717, 1.165) is 39.5 Å². The van der Waals surface area contributed by atoms with Crippen LogP contribution in [0.3, 0.4) is 0 Å². The van der Waals surface area contributed by atoms with Crippen LogP contribution in [0.1, 0.15) is 17.3 Å². The van der Waals surface area contributed by atoms with Gasteiger partial charge in [-0.25, -0.2) is 9.50 Å². The quantitative estimate of drug-likeness (QED) is 0.614. The Morgan fingerprint density at radius 3 is 2.77 bits per heavy atom. The van der Waals surface area contributed by atoms with E-state index in [2.05, 4.69) is 10.1 Å². The average Bonchev–Trinajstić information content (AvgIpc) is 3.33. The summed E-state index contributed by atoms with van der Waals surface area (Å²) in [5.41, 5.74) is 10.7. The van der Waals surface area contributed by atoms with Crippen LogP contribution < -0.4 is 15.2 Å². The van der Waals surface area contributed by atoms with Crippen molar-refractivity contribution < 1.29 is 9.47 Å². The normalized spacial score (nSPS) is 13.9. The molecule has 1 atom stereocenters. The van der Waals surface area contributed by atoms with E-state index in [1.165, 1.54) is 0 Å². The fourth-order valence-corrected chi connectivity index (χ4v) is 3.07. The molecule has 0 amide bonds. The molecule has 1 aromatic carbocycles. The van der Waals surface area contributed by atoms with Gasteiger partial charge in [-0.15, -0.1) is 0 Å². The summed E-state index contributed by atoms with van der Waals surface area (Å²) in [6.45, 7) is 0.247. The zero-order valence-corrected chi connectivity index (χ0v) is 13.7. The molecule has 0 aliphatic carbocycles. The highest BCUT2D eigenvalue weighted by Crippen LogP contribution is 2.36. The van der Waals surface area contributed by atoms with E-state index in [9.17, 15) is 0 Å². The third-order valence-corrected chi connectivity index (χ3v) is 4.46. The van der Waals surface area contributed by atoms with Crippen LogP contribution in [-0.2, 0) is 0 Å². The molecule has 7 nitrogen and oxygen atoms in total. The number of ether oxygens (including phenoxy) is 2. The monoisotopic (exact) mass is 345 g/mol. The number of hydrogen-bond donors (Lipinski definition) is 1. The van der Waals surface area contributed by atoms with Gasteiger partial charge in [0, 0.05) is 24.2 Å². The van der Waals surface area contributed by atoms with E-state index in [4.69, 9.17) is 20.2 Å². The molecule has 0 radical (unpaired) electrons. The fraction of sp³-hybridized carbons (Fsp3) is 0.105. The Balaban J connectivity index is 1.59. The highest BCUT2D eigenvalue weighted by atomic mass is 16.7. The van der Waals surface area contributed by atoms with Crippen LogP contribution in [0.5, 0.6) is 11.5 Å². The number of hydrogen-bond acceptors (Lipinski definition) is 6. The molecule has 0 saturated carbocycles. The molecule has 26 heavy (non-hydrogen) atoms. The van der Waals surface area contributed by atoms with Crippen LogP contribution in [-0.4, -0.2) is 26.4 Å². The van der Waals surface area contributed by atoms with Gasteiger partial charge in [-0.05, 0) is 41.5 Å². The van der Waals surface area contributed by atoms with Gasteiger partial charge in [-0.3, -0.25) is 4.98 Å². The van der Waals surface area contributed by atoms with E-state index in [1.54, 1.807) is 23.1 Å². The van der Waals surface area contributed by atoms with Crippen LogP contribution in [0.2, 0.25) is 0 Å². The van der Waals surface area contributed by atoms with Crippen molar-refractivity contribution >= 4 is 5.65 Å². The first kappa shape index (κ1) is 14.9. The van der Waals surface area contributed by atoms with Crippen molar-refractivity contribution in [3.05, 3.63) is 72.4 Å². The number of nitrogens with two attached hydrogens (primary N) is 1. The minimum absolute atomic E-state index is 0.247. The Labute approximate surface area is 149 Å². The minimum atomic E-state index is -0.331. The number of fused-ring (bicyclic) bond motifs is 2. The highest BCUT2D eigenvalue weighted by Gasteiger charge is 2.17. The lowest BCUT2D eigenvalue weighted by atomic mass is 10.1. The second-order valence-electron chi connectivity index (χ2n) is 6.01. The van der Waals surface area contributed by atoms with Crippen LogP contribution >= 0.6 is 0 Å². The van der Waals surface area contributed by atoms with Gasteiger partial charge in [0.05, 0.1) is 17.9 Å². The molecule has 5 rings (SSSR count). The lowest BCUT2D eigenvalue weighted by Gasteiger charge is -2.11. The molecule has 0 saturated heterocycles. The molecule has 2 N–H and O–H groups in total. The lowest BCUT2D eigenvalue weighted by molar-refractivity contribution is 0.174. The molecule has 0 bridgehead atoms. The van der Waals surface area contributed by atoms with Crippen molar-refractivity contribution in [1.29, 1.82) is 0 Å². The van der Waals surface area contributed by atoms with Crippen molar-refractivity contribution in [3.63, 3.8) is 0 Å². The minimum Gasteiger partial charge on any atom is -0.454 e. The van der Waals surface area contributed by atoms with E-state index in [-0.39, 0.29) is 12.8 Å². The summed E-state index contributed by atoms with van der Waals surface area (Å²) in [6.07, 6.45) is 7.12. The Morgan fingerprint density at radius 1 is 1.04 bits per heavy atom. The van der Waals surface area contributed by atoms with Gasteiger partial charge in [-0.2, -0.15) is 5.10 Å². The van der Waals surface area contributed by atoms with Gasteiger partial charge in [-0.1, -0.05) is 6.07 Å². The first-order valence-corrected chi connectivity index (χ1v) is 8.19. The summed E-state index contributed by atoms with van der Waals surface area (Å²) < 4.78 is 12.6. The largest absolute Gasteiger partial charge is 0.454 e. The number of nitrogens with zero attached hydrogens (tertiary/aromatic N) is 4. The number of aromatic nitrogens is 4. The topological polar surface area (TPSA) is 87.6 Å². The third-order valence-electron chi connectivity index (χ3n) is 4.46. The summed E-state index contributed by atoms with van der Waals surface area (Å²) in [6, 6.07) is 11.2. The summed E-state index contributed by atoms with van der Waals surface area (Å²) in [7, 11) is 0. The average molecular weight is 345 g/mol. The maximum atomic E-state index is 6.38. The van der Waals surface area contributed by atoms with Crippen LogP contribution in [0, 0.1) is 0 Å². The van der Waals surface area contributed by atoms with Gasteiger partial charge in [0.2, 0.25) is 6.79 Å². The maximum absolute atomic E-state index is 6.38. The maximum Gasteiger partial charge on any atom is 0.231 e. The van der Waals surface area contributed by atoms with E-state index in [0.29, 0.717) is 0 Å².